The number of aromatic nitrogens is 2. The predicted octanol–water partition coefficient (Wildman–Crippen LogP) is 2.36. The maximum absolute atomic E-state index is 13.6. The molecule has 0 amide bonds. The maximum Gasteiger partial charge on any atom is 0.228 e. The van der Waals surface area contributed by atoms with Crippen molar-refractivity contribution < 1.29 is 13.9 Å². The number of nitrogens with zero attached hydrogens (tertiary/aromatic N) is 5. The maximum atomic E-state index is 13.6. The molecule has 2 fully saturated rings. The molecule has 2 aromatic rings. The van der Waals surface area contributed by atoms with Crippen LogP contribution in [-0.4, -0.2) is 106 Å². The van der Waals surface area contributed by atoms with Crippen LogP contribution in [0.4, 0.5) is 27.5 Å². The first-order valence-electron chi connectivity index (χ1n) is 13.1. The van der Waals surface area contributed by atoms with Gasteiger partial charge in [-0.15, -0.1) is 0 Å². The van der Waals surface area contributed by atoms with E-state index >= 15 is 0 Å². The lowest BCUT2D eigenvalue weighted by molar-refractivity contribution is 0.0453. The van der Waals surface area contributed by atoms with Gasteiger partial charge >= 0.3 is 0 Å². The quantitative estimate of drug-likeness (QED) is 0.308. The lowest BCUT2D eigenvalue weighted by atomic mass is 10.1. The highest BCUT2D eigenvalue weighted by Crippen LogP contribution is 2.30. The van der Waals surface area contributed by atoms with E-state index in [9.17, 15) is 4.39 Å². The lowest BCUT2D eigenvalue weighted by Crippen LogP contribution is -2.50. The summed E-state index contributed by atoms with van der Waals surface area (Å²) >= 11 is 0. The van der Waals surface area contributed by atoms with Crippen LogP contribution < -0.4 is 20.9 Å². The minimum absolute atomic E-state index is 0.287. The Kier molecular flexibility index (Phi) is 10.0. The minimum Gasteiger partial charge on any atom is -0.380 e. The number of nitrogens with one attached hydrogen (secondary N) is 3. The molecule has 1 aromatic carbocycles. The molecule has 0 radical (unpaired) electrons. The molecule has 0 aliphatic carbocycles. The van der Waals surface area contributed by atoms with Gasteiger partial charge in [0.15, 0.2) is 5.82 Å². The van der Waals surface area contributed by atoms with Crippen molar-refractivity contribution >= 4 is 28.9 Å². The summed E-state index contributed by atoms with van der Waals surface area (Å²) in [5, 5.41) is 10.4. The van der Waals surface area contributed by atoms with Crippen molar-refractivity contribution in [2.24, 2.45) is 4.99 Å². The van der Waals surface area contributed by atoms with E-state index in [4.69, 9.17) is 19.4 Å². The van der Waals surface area contributed by atoms with Gasteiger partial charge in [0.2, 0.25) is 5.95 Å². The molecule has 0 bridgehead atoms. The van der Waals surface area contributed by atoms with Gasteiger partial charge in [-0.2, -0.15) is 4.98 Å². The van der Waals surface area contributed by atoms with Gasteiger partial charge < -0.3 is 30.3 Å². The smallest absolute Gasteiger partial charge is 0.228 e. The van der Waals surface area contributed by atoms with Crippen LogP contribution in [0.2, 0.25) is 0 Å². The van der Waals surface area contributed by atoms with E-state index in [2.05, 4.69) is 37.7 Å². The first-order chi connectivity index (χ1) is 18.1. The third-order valence-corrected chi connectivity index (χ3v) is 6.43. The first kappa shape index (κ1) is 27.2. The highest BCUT2D eigenvalue weighted by atomic mass is 19.1. The summed E-state index contributed by atoms with van der Waals surface area (Å²) in [4.78, 5) is 19.3. The number of halogens is 1. The summed E-state index contributed by atoms with van der Waals surface area (Å²) in [5.74, 6) is 0.981. The lowest BCUT2D eigenvalue weighted by Gasteiger charge is -2.33. The van der Waals surface area contributed by atoms with Crippen molar-refractivity contribution in [1.29, 1.82) is 0 Å². The number of morpholine rings is 1. The average Bonchev–Trinajstić information content (AvgIpc) is 2.92. The number of aliphatic imine (C=N–C) groups is 1. The zero-order valence-corrected chi connectivity index (χ0v) is 22.1. The Hall–Kier alpha value is -2.86. The molecule has 2 aliphatic heterocycles. The first-order valence-corrected chi connectivity index (χ1v) is 13.1. The van der Waals surface area contributed by atoms with Gasteiger partial charge in [0, 0.05) is 71.2 Å². The number of hydrogen-bond acceptors (Lipinski definition) is 10. The minimum atomic E-state index is -0.287. The number of anilines is 4. The molecule has 0 spiro atoms. The van der Waals surface area contributed by atoms with E-state index in [1.807, 2.05) is 14.0 Å². The molecule has 0 saturated carbocycles. The fraction of sp³-hybridized carbons (Fsp3) is 0.577. The second kappa shape index (κ2) is 13.6. The summed E-state index contributed by atoms with van der Waals surface area (Å²) in [6, 6.07) is 6.60. The fourth-order valence-electron chi connectivity index (χ4n) is 4.46. The SMILES string of the molecule is CCOCCNc1c(Nc2ccc(F)cc2)nc(N2CCNC(C)C2)nc1/C(CN1CCOCC1)=N\C. The van der Waals surface area contributed by atoms with Gasteiger partial charge in [-0.3, -0.25) is 9.89 Å². The third kappa shape index (κ3) is 7.57. The van der Waals surface area contributed by atoms with Crippen LogP contribution in [-0.2, 0) is 9.47 Å². The highest BCUT2D eigenvalue weighted by Gasteiger charge is 2.25. The molecule has 1 aromatic heterocycles. The topological polar surface area (TPSA) is 99.2 Å². The summed E-state index contributed by atoms with van der Waals surface area (Å²) in [7, 11) is 1.81. The van der Waals surface area contributed by atoms with E-state index < -0.39 is 0 Å². The monoisotopic (exact) mass is 514 g/mol. The summed E-state index contributed by atoms with van der Waals surface area (Å²) in [6.45, 7) is 12.1. The Balaban J connectivity index is 1.75. The second-order valence-electron chi connectivity index (χ2n) is 9.21. The van der Waals surface area contributed by atoms with E-state index in [0.717, 1.165) is 55.5 Å². The fourth-order valence-corrected chi connectivity index (χ4v) is 4.46. The van der Waals surface area contributed by atoms with Crippen LogP contribution in [0.1, 0.15) is 19.5 Å². The largest absolute Gasteiger partial charge is 0.380 e. The number of ether oxygens (including phenoxy) is 2. The molecule has 3 N–H and O–H groups in total. The van der Waals surface area contributed by atoms with Crippen molar-refractivity contribution in [3.8, 4) is 0 Å². The number of piperazine rings is 1. The molecule has 11 heteroatoms. The molecular weight excluding hydrogens is 475 g/mol. The molecule has 1 unspecified atom stereocenters. The van der Waals surface area contributed by atoms with Crippen LogP contribution >= 0.6 is 0 Å². The van der Waals surface area contributed by atoms with Gasteiger partial charge in [-0.25, -0.2) is 9.37 Å². The van der Waals surface area contributed by atoms with Gasteiger partial charge in [0.05, 0.1) is 25.5 Å². The Morgan fingerprint density at radius 3 is 2.70 bits per heavy atom. The van der Waals surface area contributed by atoms with E-state index in [0.29, 0.717) is 57.3 Å². The normalized spacial score (nSPS) is 19.2. The van der Waals surface area contributed by atoms with Crippen LogP contribution in [0.3, 0.4) is 0 Å². The Labute approximate surface area is 218 Å². The predicted molar refractivity (Wildman–Crippen MR) is 146 cm³/mol. The van der Waals surface area contributed by atoms with E-state index in [1.54, 1.807) is 12.1 Å². The molecule has 2 aliphatic rings. The Bertz CT molecular complexity index is 1030. The molecule has 1 atom stereocenters. The van der Waals surface area contributed by atoms with E-state index in [1.165, 1.54) is 12.1 Å². The van der Waals surface area contributed by atoms with Crippen LogP contribution in [0.15, 0.2) is 29.3 Å². The molecule has 4 rings (SSSR count). The zero-order chi connectivity index (χ0) is 26.0. The number of hydrogen-bond donors (Lipinski definition) is 3. The van der Waals surface area contributed by atoms with Gasteiger partial charge in [0.1, 0.15) is 17.2 Å². The standard InChI is InChI=1S/C26H39FN8O2/c1-4-36-14-10-30-24-23(22(28-3)18-34-12-15-37-16-13-34)32-26(35-11-9-29-19(2)17-35)33-25(24)31-21-7-5-20(27)6-8-21/h5-8,19,29-30H,4,9-18H2,1-3H3,(H,31,32,33)/b28-22-. The van der Waals surface area contributed by atoms with Gasteiger partial charge in [0.25, 0.3) is 0 Å². The van der Waals surface area contributed by atoms with Crippen LogP contribution in [0.5, 0.6) is 0 Å². The number of rotatable bonds is 11. The summed E-state index contributed by atoms with van der Waals surface area (Å²) < 4.78 is 24.7. The second-order valence-corrected chi connectivity index (χ2v) is 9.21. The summed E-state index contributed by atoms with van der Waals surface area (Å²) in [6.07, 6.45) is 0. The van der Waals surface area contributed by atoms with Crippen LogP contribution in [0.25, 0.3) is 0 Å². The zero-order valence-electron chi connectivity index (χ0n) is 22.1. The van der Waals surface area contributed by atoms with Crippen molar-refractivity contribution in [1.82, 2.24) is 20.2 Å². The Morgan fingerprint density at radius 2 is 2.00 bits per heavy atom. The molecule has 202 valence electrons. The van der Waals surface area contributed by atoms with E-state index in [-0.39, 0.29) is 5.82 Å². The van der Waals surface area contributed by atoms with Crippen molar-refractivity contribution in [3.05, 3.63) is 35.8 Å². The van der Waals surface area contributed by atoms with Crippen molar-refractivity contribution in [2.45, 2.75) is 19.9 Å². The molecular formula is C26H39FN8O2. The molecule has 3 heterocycles. The molecule has 2 saturated heterocycles. The van der Waals surface area contributed by atoms with Gasteiger partial charge in [-0.1, -0.05) is 0 Å². The van der Waals surface area contributed by atoms with Gasteiger partial charge in [-0.05, 0) is 38.1 Å². The van der Waals surface area contributed by atoms with Crippen molar-refractivity contribution in [3.63, 3.8) is 0 Å². The average molecular weight is 515 g/mol. The third-order valence-electron chi connectivity index (χ3n) is 6.43. The summed E-state index contributed by atoms with van der Waals surface area (Å²) in [5.41, 5.74) is 3.12. The Morgan fingerprint density at radius 1 is 1.22 bits per heavy atom. The van der Waals surface area contributed by atoms with Crippen molar-refractivity contribution in [2.75, 3.05) is 94.8 Å². The molecule has 10 nitrogen and oxygen atoms in total. The molecule has 37 heavy (non-hydrogen) atoms. The van der Waals surface area contributed by atoms with Crippen LogP contribution in [0, 0.1) is 5.82 Å². The highest BCUT2D eigenvalue weighted by molar-refractivity contribution is 6.07. The number of benzene rings is 1.